The Bertz CT molecular complexity index is 289. The number of amides is 1. The highest BCUT2D eigenvalue weighted by Crippen LogP contribution is 2.11. The number of carbonyl (C=O) groups is 1. The maximum Gasteiger partial charge on any atom is 0.231 e. The van der Waals surface area contributed by atoms with E-state index in [1.807, 2.05) is 30.3 Å². The maximum absolute atomic E-state index is 11.1. The summed E-state index contributed by atoms with van der Waals surface area (Å²) in [5.74, 6) is -0.132. The molecule has 0 fully saturated rings. The molecule has 0 aromatic heterocycles. The number of carbonyl (C=O) groups excluding carboxylic acids is 1. The van der Waals surface area contributed by atoms with Crippen LogP contribution in [0, 0.1) is 0 Å². The summed E-state index contributed by atoms with van der Waals surface area (Å²) in [6.45, 7) is -0.0945. The topological polar surface area (TPSA) is 49.3 Å². The molecule has 0 aliphatic carbocycles. The van der Waals surface area contributed by atoms with E-state index >= 15 is 0 Å². The first-order valence-electron chi connectivity index (χ1n) is 4.29. The van der Waals surface area contributed by atoms with Gasteiger partial charge in [-0.1, -0.05) is 46.3 Å². The molecular weight excluding hydrogens is 246 g/mol. The van der Waals surface area contributed by atoms with Crippen molar-refractivity contribution in [2.24, 2.45) is 0 Å². The van der Waals surface area contributed by atoms with Crippen molar-refractivity contribution in [2.45, 2.75) is 6.04 Å². The van der Waals surface area contributed by atoms with E-state index in [2.05, 4.69) is 21.2 Å². The number of aliphatic hydroxyl groups is 1. The molecule has 1 aromatic carbocycles. The van der Waals surface area contributed by atoms with E-state index in [0.29, 0.717) is 0 Å². The summed E-state index contributed by atoms with van der Waals surface area (Å²) in [5.41, 5.74) is 0.907. The normalized spacial score (nSPS) is 12.1. The van der Waals surface area contributed by atoms with Crippen molar-refractivity contribution < 1.29 is 9.90 Å². The van der Waals surface area contributed by atoms with Crippen LogP contribution in [0.5, 0.6) is 0 Å². The number of nitrogens with one attached hydrogen (secondary N) is 1. The first kappa shape index (κ1) is 11.2. The quantitative estimate of drug-likeness (QED) is 0.798. The van der Waals surface area contributed by atoms with Crippen LogP contribution in [0.4, 0.5) is 0 Å². The van der Waals surface area contributed by atoms with Gasteiger partial charge in [-0.05, 0) is 5.56 Å². The monoisotopic (exact) mass is 257 g/mol. The van der Waals surface area contributed by atoms with Crippen LogP contribution in [0.3, 0.4) is 0 Å². The Labute approximate surface area is 91.3 Å². The predicted molar refractivity (Wildman–Crippen MR) is 58.2 cm³/mol. The van der Waals surface area contributed by atoms with Gasteiger partial charge in [0.15, 0.2) is 0 Å². The fraction of sp³-hybridized carbons (Fsp3) is 0.300. The highest BCUT2D eigenvalue weighted by molar-refractivity contribution is 9.09. The Hall–Kier alpha value is -0.870. The highest BCUT2D eigenvalue weighted by atomic mass is 79.9. The van der Waals surface area contributed by atoms with E-state index in [1.54, 1.807) is 0 Å². The number of aliphatic hydroxyl groups excluding tert-OH is 1. The van der Waals surface area contributed by atoms with Crippen LogP contribution in [-0.2, 0) is 4.79 Å². The summed E-state index contributed by atoms with van der Waals surface area (Å²) in [7, 11) is 0. The van der Waals surface area contributed by atoms with E-state index in [-0.39, 0.29) is 23.9 Å². The zero-order valence-corrected chi connectivity index (χ0v) is 9.20. The van der Waals surface area contributed by atoms with Crippen molar-refractivity contribution in [3.63, 3.8) is 0 Å². The number of benzene rings is 1. The average molecular weight is 258 g/mol. The van der Waals surface area contributed by atoms with Crippen molar-refractivity contribution in [1.29, 1.82) is 0 Å². The lowest BCUT2D eigenvalue weighted by atomic mass is 10.1. The second-order valence-corrected chi connectivity index (χ2v) is 3.41. The molecule has 0 saturated heterocycles. The van der Waals surface area contributed by atoms with Gasteiger partial charge in [0.1, 0.15) is 0 Å². The number of alkyl halides is 1. The largest absolute Gasteiger partial charge is 0.394 e. The maximum atomic E-state index is 11.1. The minimum Gasteiger partial charge on any atom is -0.394 e. The third-order valence-electron chi connectivity index (χ3n) is 1.84. The van der Waals surface area contributed by atoms with Crippen molar-refractivity contribution in [3.05, 3.63) is 35.9 Å². The third kappa shape index (κ3) is 3.12. The van der Waals surface area contributed by atoms with Gasteiger partial charge >= 0.3 is 0 Å². The first-order valence-corrected chi connectivity index (χ1v) is 5.41. The van der Waals surface area contributed by atoms with Crippen LogP contribution in [0.1, 0.15) is 11.6 Å². The molecule has 2 N–H and O–H groups in total. The van der Waals surface area contributed by atoms with Gasteiger partial charge in [-0.2, -0.15) is 0 Å². The second kappa shape index (κ2) is 5.78. The van der Waals surface area contributed by atoms with Crippen molar-refractivity contribution >= 4 is 21.8 Å². The van der Waals surface area contributed by atoms with Crippen LogP contribution < -0.4 is 5.32 Å². The van der Waals surface area contributed by atoms with Crippen molar-refractivity contribution in [3.8, 4) is 0 Å². The number of halogens is 1. The molecule has 76 valence electrons. The van der Waals surface area contributed by atoms with Gasteiger partial charge in [0, 0.05) is 0 Å². The van der Waals surface area contributed by atoms with Gasteiger partial charge in [-0.3, -0.25) is 4.79 Å². The minimum absolute atomic E-state index is 0.0945. The third-order valence-corrected chi connectivity index (χ3v) is 2.35. The molecule has 0 bridgehead atoms. The van der Waals surface area contributed by atoms with E-state index in [0.717, 1.165) is 5.56 Å². The Morgan fingerprint density at radius 1 is 1.43 bits per heavy atom. The van der Waals surface area contributed by atoms with Gasteiger partial charge in [0.05, 0.1) is 18.0 Å². The summed E-state index contributed by atoms with van der Waals surface area (Å²) in [6.07, 6.45) is 0. The van der Waals surface area contributed by atoms with E-state index in [9.17, 15) is 4.79 Å². The molecule has 0 aliphatic heterocycles. The highest BCUT2D eigenvalue weighted by Gasteiger charge is 2.11. The van der Waals surface area contributed by atoms with Gasteiger partial charge < -0.3 is 10.4 Å². The average Bonchev–Trinajstić information content (AvgIpc) is 2.26. The van der Waals surface area contributed by atoms with Crippen LogP contribution >= 0.6 is 15.9 Å². The van der Waals surface area contributed by atoms with Gasteiger partial charge in [-0.15, -0.1) is 0 Å². The van der Waals surface area contributed by atoms with Gasteiger partial charge in [0.2, 0.25) is 5.91 Å². The molecular formula is C10H12BrNO2. The molecule has 0 aliphatic rings. The molecule has 0 radical (unpaired) electrons. The fourth-order valence-electron chi connectivity index (χ4n) is 1.15. The summed E-state index contributed by atoms with van der Waals surface area (Å²) in [4.78, 5) is 11.1. The van der Waals surface area contributed by atoms with E-state index in [1.165, 1.54) is 0 Å². The smallest absolute Gasteiger partial charge is 0.231 e. The molecule has 1 atom stereocenters. The Morgan fingerprint density at radius 3 is 2.57 bits per heavy atom. The lowest BCUT2D eigenvalue weighted by Gasteiger charge is -2.15. The predicted octanol–water partition coefficient (Wildman–Crippen LogP) is 1.23. The molecule has 0 spiro atoms. The number of rotatable bonds is 4. The molecule has 1 amide bonds. The summed E-state index contributed by atoms with van der Waals surface area (Å²) >= 11 is 3.05. The number of hydrogen-bond donors (Lipinski definition) is 2. The molecule has 4 heteroatoms. The van der Waals surface area contributed by atoms with Crippen molar-refractivity contribution in [1.82, 2.24) is 5.32 Å². The van der Waals surface area contributed by atoms with Crippen molar-refractivity contribution in [2.75, 3.05) is 11.9 Å². The molecule has 1 rings (SSSR count). The van der Waals surface area contributed by atoms with Crippen LogP contribution in [0.25, 0.3) is 0 Å². The Morgan fingerprint density at radius 2 is 2.07 bits per heavy atom. The molecule has 0 heterocycles. The standard InChI is InChI=1S/C10H12BrNO2/c11-6-10(14)12-9(7-13)8-4-2-1-3-5-8/h1-5,9,13H,6-7H2,(H,12,14)/t9-/m1/s1. The van der Waals surface area contributed by atoms with Gasteiger partial charge in [-0.25, -0.2) is 0 Å². The van der Waals surface area contributed by atoms with Crippen LogP contribution in [0.15, 0.2) is 30.3 Å². The summed E-state index contributed by atoms with van der Waals surface area (Å²) in [6, 6.07) is 9.06. The molecule has 0 unspecified atom stereocenters. The SMILES string of the molecule is O=C(CBr)N[C@H](CO)c1ccccc1. The molecule has 0 saturated carbocycles. The first-order chi connectivity index (χ1) is 6.77. The number of hydrogen-bond acceptors (Lipinski definition) is 2. The van der Waals surface area contributed by atoms with Crippen LogP contribution in [-0.4, -0.2) is 23.0 Å². The fourth-order valence-corrected chi connectivity index (χ4v) is 1.31. The molecule has 14 heavy (non-hydrogen) atoms. The zero-order valence-electron chi connectivity index (χ0n) is 7.61. The Balaban J connectivity index is 2.68. The van der Waals surface area contributed by atoms with E-state index in [4.69, 9.17) is 5.11 Å². The summed E-state index contributed by atoms with van der Waals surface area (Å²) < 4.78 is 0. The zero-order chi connectivity index (χ0) is 10.4. The van der Waals surface area contributed by atoms with Gasteiger partial charge in [0.25, 0.3) is 0 Å². The minimum atomic E-state index is -0.318. The van der Waals surface area contributed by atoms with E-state index < -0.39 is 0 Å². The lowest BCUT2D eigenvalue weighted by molar-refractivity contribution is -0.119. The molecule has 3 nitrogen and oxygen atoms in total. The summed E-state index contributed by atoms with van der Waals surface area (Å²) in [5, 5.41) is 12.0. The van der Waals surface area contributed by atoms with Crippen LogP contribution in [0.2, 0.25) is 0 Å². The Kier molecular flexibility index (Phi) is 4.62. The molecule has 1 aromatic rings. The lowest BCUT2D eigenvalue weighted by Crippen LogP contribution is -2.31. The second-order valence-electron chi connectivity index (χ2n) is 2.85.